The van der Waals surface area contributed by atoms with E-state index in [1.54, 1.807) is 41.2 Å². The van der Waals surface area contributed by atoms with Crippen LogP contribution >= 0.6 is 15.9 Å². The highest BCUT2D eigenvalue weighted by molar-refractivity contribution is 9.10. The number of hydrogen-bond acceptors (Lipinski definition) is 4. The molecule has 164 valence electrons. The summed E-state index contributed by atoms with van der Waals surface area (Å²) in [4.78, 5) is 34.1. The molecule has 1 fully saturated rings. The fourth-order valence-electron chi connectivity index (χ4n) is 3.79. The molecule has 1 saturated heterocycles. The molecule has 0 spiro atoms. The number of methoxy groups -OCH3 is 1. The van der Waals surface area contributed by atoms with E-state index in [-0.39, 0.29) is 11.8 Å². The van der Waals surface area contributed by atoms with Gasteiger partial charge in [0, 0.05) is 41.8 Å². The van der Waals surface area contributed by atoms with Gasteiger partial charge in [-0.1, -0.05) is 28.1 Å². The number of ether oxygens (including phenoxy) is 1. The SMILES string of the molecule is COc1ccc(C(=O)N2CCN(C(=O)c3ccc(-c4cccc(Br)c4)nc3C)CC2)cc1. The van der Waals surface area contributed by atoms with Crippen molar-refractivity contribution in [2.45, 2.75) is 6.92 Å². The van der Waals surface area contributed by atoms with Crippen LogP contribution in [0.1, 0.15) is 26.4 Å². The third-order valence-electron chi connectivity index (χ3n) is 5.63. The second-order valence-corrected chi connectivity index (χ2v) is 8.57. The number of carbonyl (C=O) groups excluding carboxylic acids is 2. The molecule has 2 heterocycles. The number of piperazine rings is 1. The zero-order valence-corrected chi connectivity index (χ0v) is 19.6. The van der Waals surface area contributed by atoms with Crippen LogP contribution in [0.2, 0.25) is 0 Å². The Morgan fingerprint density at radius 3 is 2.16 bits per heavy atom. The summed E-state index contributed by atoms with van der Waals surface area (Å²) in [5, 5.41) is 0. The van der Waals surface area contributed by atoms with Crippen LogP contribution in [-0.2, 0) is 0 Å². The van der Waals surface area contributed by atoms with Crippen LogP contribution in [-0.4, -0.2) is 59.9 Å². The molecule has 1 aliphatic rings. The van der Waals surface area contributed by atoms with E-state index < -0.39 is 0 Å². The second kappa shape index (κ2) is 9.53. The van der Waals surface area contributed by atoms with E-state index in [0.29, 0.717) is 48.7 Å². The number of carbonyl (C=O) groups is 2. The van der Waals surface area contributed by atoms with Crippen molar-refractivity contribution in [2.75, 3.05) is 33.3 Å². The average Bonchev–Trinajstić information content (AvgIpc) is 2.83. The molecule has 0 bridgehead atoms. The lowest BCUT2D eigenvalue weighted by molar-refractivity contribution is 0.0534. The topological polar surface area (TPSA) is 62.7 Å². The van der Waals surface area contributed by atoms with Crippen molar-refractivity contribution in [3.63, 3.8) is 0 Å². The van der Waals surface area contributed by atoms with Crippen molar-refractivity contribution in [3.05, 3.63) is 82.0 Å². The first kappa shape index (κ1) is 22.0. The van der Waals surface area contributed by atoms with Crippen molar-refractivity contribution in [1.82, 2.24) is 14.8 Å². The molecule has 2 amide bonds. The summed E-state index contributed by atoms with van der Waals surface area (Å²) in [7, 11) is 1.60. The van der Waals surface area contributed by atoms with Gasteiger partial charge in [0.15, 0.2) is 0 Å². The maximum absolute atomic E-state index is 13.1. The molecular weight excluding hydrogens is 470 g/mol. The smallest absolute Gasteiger partial charge is 0.255 e. The molecule has 0 N–H and O–H groups in total. The van der Waals surface area contributed by atoms with E-state index in [1.165, 1.54) is 0 Å². The Labute approximate surface area is 196 Å². The van der Waals surface area contributed by atoms with Gasteiger partial charge in [-0.3, -0.25) is 14.6 Å². The van der Waals surface area contributed by atoms with Crippen LogP contribution in [0.4, 0.5) is 0 Å². The number of hydrogen-bond donors (Lipinski definition) is 0. The first-order valence-electron chi connectivity index (χ1n) is 10.4. The molecule has 6 nitrogen and oxygen atoms in total. The van der Waals surface area contributed by atoms with E-state index >= 15 is 0 Å². The van der Waals surface area contributed by atoms with Crippen molar-refractivity contribution in [2.24, 2.45) is 0 Å². The highest BCUT2D eigenvalue weighted by atomic mass is 79.9. The highest BCUT2D eigenvalue weighted by Gasteiger charge is 2.26. The Balaban J connectivity index is 1.41. The maximum Gasteiger partial charge on any atom is 0.255 e. The molecule has 2 aromatic carbocycles. The van der Waals surface area contributed by atoms with Gasteiger partial charge in [-0.2, -0.15) is 0 Å². The normalized spacial score (nSPS) is 13.7. The van der Waals surface area contributed by atoms with Crippen LogP contribution in [0.5, 0.6) is 5.75 Å². The Morgan fingerprint density at radius 1 is 0.906 bits per heavy atom. The number of rotatable bonds is 4. The van der Waals surface area contributed by atoms with Gasteiger partial charge < -0.3 is 14.5 Å². The molecule has 4 rings (SSSR count). The molecule has 0 saturated carbocycles. The van der Waals surface area contributed by atoms with E-state index in [0.717, 1.165) is 15.7 Å². The summed E-state index contributed by atoms with van der Waals surface area (Å²) in [6, 6.07) is 18.7. The Hall–Kier alpha value is -3.19. The minimum absolute atomic E-state index is 0.0315. The maximum atomic E-state index is 13.1. The summed E-state index contributed by atoms with van der Waals surface area (Å²) in [5.74, 6) is 0.634. The summed E-state index contributed by atoms with van der Waals surface area (Å²) in [6.07, 6.45) is 0. The molecular formula is C25H24BrN3O3. The second-order valence-electron chi connectivity index (χ2n) is 7.65. The molecule has 1 aromatic heterocycles. The minimum atomic E-state index is -0.0488. The van der Waals surface area contributed by atoms with Gasteiger partial charge in [0.25, 0.3) is 11.8 Å². The van der Waals surface area contributed by atoms with Gasteiger partial charge in [-0.25, -0.2) is 0 Å². The lowest BCUT2D eigenvalue weighted by atomic mass is 10.1. The van der Waals surface area contributed by atoms with Crippen LogP contribution in [0, 0.1) is 6.92 Å². The predicted octanol–water partition coefficient (Wildman–Crippen LogP) is 4.43. The fourth-order valence-corrected chi connectivity index (χ4v) is 4.19. The molecule has 0 atom stereocenters. The van der Waals surface area contributed by atoms with Gasteiger partial charge in [-0.15, -0.1) is 0 Å². The van der Waals surface area contributed by atoms with E-state index in [9.17, 15) is 9.59 Å². The summed E-state index contributed by atoms with van der Waals surface area (Å²) < 4.78 is 6.13. The lowest BCUT2D eigenvalue weighted by Crippen LogP contribution is -2.50. The van der Waals surface area contributed by atoms with Crippen molar-refractivity contribution in [1.29, 1.82) is 0 Å². The monoisotopic (exact) mass is 493 g/mol. The van der Waals surface area contributed by atoms with Gasteiger partial charge >= 0.3 is 0 Å². The molecule has 7 heteroatoms. The van der Waals surface area contributed by atoms with Gasteiger partial charge in [0.2, 0.25) is 0 Å². The summed E-state index contributed by atoms with van der Waals surface area (Å²) in [6.45, 7) is 3.84. The highest BCUT2D eigenvalue weighted by Crippen LogP contribution is 2.23. The largest absolute Gasteiger partial charge is 0.497 e. The molecule has 1 aliphatic heterocycles. The first-order chi connectivity index (χ1) is 15.5. The van der Waals surface area contributed by atoms with Crippen molar-refractivity contribution >= 4 is 27.7 Å². The van der Waals surface area contributed by atoms with Crippen LogP contribution < -0.4 is 4.74 Å². The molecule has 0 unspecified atom stereocenters. The van der Waals surface area contributed by atoms with Crippen LogP contribution in [0.15, 0.2) is 65.1 Å². The number of amides is 2. The predicted molar refractivity (Wildman–Crippen MR) is 127 cm³/mol. The number of aromatic nitrogens is 1. The lowest BCUT2D eigenvalue weighted by Gasteiger charge is -2.35. The fraction of sp³-hybridized carbons (Fsp3) is 0.240. The van der Waals surface area contributed by atoms with E-state index in [1.807, 2.05) is 43.3 Å². The molecule has 3 aromatic rings. The van der Waals surface area contributed by atoms with Gasteiger partial charge in [-0.05, 0) is 55.5 Å². The van der Waals surface area contributed by atoms with E-state index in [2.05, 4.69) is 20.9 Å². The number of nitrogens with zero attached hydrogens (tertiary/aromatic N) is 3. The van der Waals surface area contributed by atoms with Gasteiger partial charge in [0.1, 0.15) is 5.75 Å². The molecule has 32 heavy (non-hydrogen) atoms. The number of pyridine rings is 1. The number of halogens is 1. The quantitative estimate of drug-likeness (QED) is 0.539. The Bertz CT molecular complexity index is 1140. The van der Waals surface area contributed by atoms with Crippen LogP contribution in [0.25, 0.3) is 11.3 Å². The van der Waals surface area contributed by atoms with Crippen LogP contribution in [0.3, 0.4) is 0 Å². The summed E-state index contributed by atoms with van der Waals surface area (Å²) >= 11 is 3.48. The zero-order chi connectivity index (χ0) is 22.7. The van der Waals surface area contributed by atoms with Gasteiger partial charge in [0.05, 0.1) is 24.1 Å². The number of aryl methyl sites for hydroxylation is 1. The van der Waals surface area contributed by atoms with Crippen molar-refractivity contribution < 1.29 is 14.3 Å². The zero-order valence-electron chi connectivity index (χ0n) is 18.0. The van der Waals surface area contributed by atoms with E-state index in [4.69, 9.17) is 4.74 Å². The Morgan fingerprint density at radius 2 is 1.56 bits per heavy atom. The Kier molecular flexibility index (Phi) is 6.55. The molecule has 0 aliphatic carbocycles. The third-order valence-corrected chi connectivity index (χ3v) is 6.12. The molecule has 0 radical (unpaired) electrons. The third kappa shape index (κ3) is 4.67. The minimum Gasteiger partial charge on any atom is -0.497 e. The summed E-state index contributed by atoms with van der Waals surface area (Å²) in [5.41, 5.74) is 3.74. The number of benzene rings is 2. The standard InChI is InChI=1S/C25H24BrN3O3/c1-17-22(10-11-23(27-17)19-4-3-5-20(26)16-19)25(31)29-14-12-28(13-15-29)24(30)18-6-8-21(32-2)9-7-18/h3-11,16H,12-15H2,1-2H3. The average molecular weight is 494 g/mol. The van der Waals surface area contributed by atoms with Crippen molar-refractivity contribution in [3.8, 4) is 17.0 Å². The first-order valence-corrected chi connectivity index (χ1v) is 11.2.